The third-order valence-electron chi connectivity index (χ3n) is 5.02. The molecule has 2 heterocycles. The van der Waals surface area contributed by atoms with Gasteiger partial charge in [-0.25, -0.2) is 4.98 Å². The number of aliphatic carboxylic acids is 1. The molecule has 5 N–H and O–H groups in total. The molecule has 2 aliphatic rings. The molecule has 0 aliphatic heterocycles. The van der Waals surface area contributed by atoms with Gasteiger partial charge >= 0.3 is 5.97 Å². The summed E-state index contributed by atoms with van der Waals surface area (Å²) in [6.45, 7) is -0.248. The fourth-order valence-electron chi connectivity index (χ4n) is 3.88. The second kappa shape index (κ2) is 7.12. The molecule has 10 nitrogen and oxygen atoms in total. The second-order valence-electron chi connectivity index (χ2n) is 6.88. The highest BCUT2D eigenvalue weighted by Gasteiger charge is 2.47. The molecule has 146 valence electrons. The van der Waals surface area contributed by atoms with Gasteiger partial charge in [-0.15, -0.1) is 0 Å². The van der Waals surface area contributed by atoms with Crippen molar-refractivity contribution in [2.75, 3.05) is 10.6 Å². The summed E-state index contributed by atoms with van der Waals surface area (Å²) < 4.78 is 1.28. The van der Waals surface area contributed by atoms with Crippen LogP contribution in [0.2, 0.25) is 5.02 Å². The zero-order valence-electron chi connectivity index (χ0n) is 14.6. The van der Waals surface area contributed by atoms with E-state index in [1.165, 1.54) is 23.3 Å². The molecule has 4 atom stereocenters. The number of amides is 1. The number of carboxylic acid groups (broad SMARTS) is 1. The first-order valence-electron chi connectivity index (χ1n) is 8.68. The Kier molecular flexibility index (Phi) is 4.63. The quantitative estimate of drug-likeness (QED) is 0.504. The van der Waals surface area contributed by atoms with Crippen molar-refractivity contribution in [2.24, 2.45) is 23.5 Å². The summed E-state index contributed by atoms with van der Waals surface area (Å²) in [4.78, 5) is 31.1. The van der Waals surface area contributed by atoms with Gasteiger partial charge in [0.05, 0.1) is 24.0 Å². The molecule has 28 heavy (non-hydrogen) atoms. The molecule has 11 heteroatoms. The number of anilines is 3. The zero-order valence-corrected chi connectivity index (χ0v) is 15.4. The predicted octanol–water partition coefficient (Wildman–Crippen LogP) is 1.24. The van der Waals surface area contributed by atoms with Crippen LogP contribution in [0.15, 0.2) is 30.7 Å². The number of carbonyl (C=O) groups is 2. The molecule has 2 bridgehead atoms. The van der Waals surface area contributed by atoms with E-state index in [1.54, 1.807) is 0 Å². The van der Waals surface area contributed by atoms with E-state index >= 15 is 0 Å². The maximum absolute atomic E-state index is 11.9. The lowest BCUT2D eigenvalue weighted by molar-refractivity contribution is -0.137. The topological polar surface area (TPSA) is 148 Å². The SMILES string of the molecule is NC(=O)[C@@H]1[C@H](Nc2nc(Nc3cnn(CC(=O)O)c3)ncc2Cl)[C@H]2C=C[C@@H]1C2. The Labute approximate surface area is 164 Å². The number of hydrogen-bond donors (Lipinski definition) is 4. The molecule has 0 unspecified atom stereocenters. The molecule has 0 spiro atoms. The molecule has 4 rings (SSSR count). The molecule has 1 fully saturated rings. The number of nitrogens with zero attached hydrogens (tertiary/aromatic N) is 4. The lowest BCUT2D eigenvalue weighted by Crippen LogP contribution is -2.41. The van der Waals surface area contributed by atoms with Crippen molar-refractivity contribution in [1.29, 1.82) is 0 Å². The van der Waals surface area contributed by atoms with E-state index in [-0.39, 0.29) is 42.2 Å². The van der Waals surface area contributed by atoms with Crippen LogP contribution in [0.25, 0.3) is 0 Å². The highest BCUT2D eigenvalue weighted by atomic mass is 35.5. The van der Waals surface area contributed by atoms with E-state index in [2.05, 4.69) is 31.8 Å². The molecule has 2 aliphatic carbocycles. The van der Waals surface area contributed by atoms with Crippen LogP contribution in [0.1, 0.15) is 6.42 Å². The highest BCUT2D eigenvalue weighted by molar-refractivity contribution is 6.32. The summed E-state index contributed by atoms with van der Waals surface area (Å²) in [5.74, 6) is -0.661. The Morgan fingerprint density at radius 1 is 1.32 bits per heavy atom. The van der Waals surface area contributed by atoms with Gasteiger partial charge in [-0.3, -0.25) is 14.3 Å². The summed E-state index contributed by atoms with van der Waals surface area (Å²) in [7, 11) is 0. The minimum Gasteiger partial charge on any atom is -0.480 e. The molecule has 2 aromatic rings. The summed E-state index contributed by atoms with van der Waals surface area (Å²) >= 11 is 6.24. The van der Waals surface area contributed by atoms with Crippen molar-refractivity contribution in [1.82, 2.24) is 19.7 Å². The standard InChI is InChI=1S/C17H18ClN7O3/c18-11-5-20-17(22-10-4-21-25(6-10)7-12(26)27)24-16(11)23-14-9-2-1-8(3-9)13(14)15(19)28/h1-2,4-6,8-9,13-14H,3,7H2,(H2,19,28)(H,26,27)(H2,20,22,23,24)/t8-,9+,13+,14-/m1/s1. The fourth-order valence-corrected chi connectivity index (χ4v) is 4.02. The predicted molar refractivity (Wildman–Crippen MR) is 101 cm³/mol. The average molecular weight is 404 g/mol. The van der Waals surface area contributed by atoms with Crippen molar-refractivity contribution in [3.63, 3.8) is 0 Å². The Hall–Kier alpha value is -3.14. The number of carboxylic acids is 1. The van der Waals surface area contributed by atoms with Gasteiger partial charge in [0.1, 0.15) is 11.6 Å². The molecule has 0 aromatic carbocycles. The number of hydrogen-bond acceptors (Lipinski definition) is 7. The van der Waals surface area contributed by atoms with Gasteiger partial charge in [0.15, 0.2) is 5.82 Å². The zero-order chi connectivity index (χ0) is 19.8. The molecule has 2 aromatic heterocycles. The van der Waals surface area contributed by atoms with E-state index < -0.39 is 5.97 Å². The molecule has 0 radical (unpaired) electrons. The minimum atomic E-state index is -0.993. The van der Waals surface area contributed by atoms with Gasteiger partial charge in [-0.1, -0.05) is 23.8 Å². The summed E-state index contributed by atoms with van der Waals surface area (Å²) in [6, 6.07) is -0.175. The minimum absolute atomic E-state index is 0.137. The van der Waals surface area contributed by atoms with Crippen molar-refractivity contribution >= 4 is 40.9 Å². The fraction of sp³-hybridized carbons (Fsp3) is 0.353. The number of fused-ring (bicyclic) bond motifs is 2. The van der Waals surface area contributed by atoms with E-state index in [0.717, 1.165) is 6.42 Å². The largest absolute Gasteiger partial charge is 0.480 e. The van der Waals surface area contributed by atoms with Crippen LogP contribution in [-0.2, 0) is 16.1 Å². The first-order chi connectivity index (χ1) is 13.4. The number of primary amides is 1. The number of rotatable bonds is 7. The Balaban J connectivity index is 1.51. The molecule has 0 saturated heterocycles. The summed E-state index contributed by atoms with van der Waals surface area (Å²) in [6.07, 6.45) is 9.46. The summed E-state index contributed by atoms with van der Waals surface area (Å²) in [5.41, 5.74) is 6.13. The average Bonchev–Trinajstić information content (AvgIpc) is 3.33. The number of allylic oxidation sites excluding steroid dienone is 1. The maximum Gasteiger partial charge on any atom is 0.325 e. The van der Waals surface area contributed by atoms with Crippen LogP contribution in [0.5, 0.6) is 0 Å². The molecule has 1 amide bonds. The second-order valence-corrected chi connectivity index (χ2v) is 7.29. The smallest absolute Gasteiger partial charge is 0.325 e. The van der Waals surface area contributed by atoms with Gasteiger partial charge < -0.3 is 21.5 Å². The van der Waals surface area contributed by atoms with Crippen LogP contribution < -0.4 is 16.4 Å². The van der Waals surface area contributed by atoms with Crippen LogP contribution in [0, 0.1) is 17.8 Å². The van der Waals surface area contributed by atoms with Crippen molar-refractivity contribution < 1.29 is 14.7 Å². The van der Waals surface area contributed by atoms with Gasteiger partial charge in [0, 0.05) is 12.2 Å². The Bertz CT molecular complexity index is 960. The monoisotopic (exact) mass is 403 g/mol. The normalized spacial score (nSPS) is 25.0. The molecule has 1 saturated carbocycles. The third-order valence-corrected chi connectivity index (χ3v) is 5.30. The van der Waals surface area contributed by atoms with Crippen LogP contribution in [0.3, 0.4) is 0 Å². The van der Waals surface area contributed by atoms with Crippen molar-refractivity contribution in [2.45, 2.75) is 19.0 Å². The van der Waals surface area contributed by atoms with Gasteiger partial charge in [-0.2, -0.15) is 10.1 Å². The van der Waals surface area contributed by atoms with Crippen LogP contribution in [-0.4, -0.2) is 42.8 Å². The van der Waals surface area contributed by atoms with E-state index in [1.807, 2.05) is 6.08 Å². The maximum atomic E-state index is 11.9. The molecular weight excluding hydrogens is 386 g/mol. The van der Waals surface area contributed by atoms with Gasteiger partial charge in [-0.05, 0) is 18.3 Å². The first-order valence-corrected chi connectivity index (χ1v) is 9.06. The number of halogens is 1. The lowest BCUT2D eigenvalue weighted by Gasteiger charge is -2.27. The summed E-state index contributed by atoms with van der Waals surface area (Å²) in [5, 5.41) is 19.3. The third kappa shape index (κ3) is 3.50. The van der Waals surface area contributed by atoms with E-state index in [9.17, 15) is 9.59 Å². The van der Waals surface area contributed by atoms with Gasteiger partial charge in [0.2, 0.25) is 11.9 Å². The highest BCUT2D eigenvalue weighted by Crippen LogP contribution is 2.45. The number of aromatic nitrogens is 4. The first kappa shape index (κ1) is 18.2. The van der Waals surface area contributed by atoms with Crippen molar-refractivity contribution in [3.05, 3.63) is 35.8 Å². The van der Waals surface area contributed by atoms with E-state index in [4.69, 9.17) is 22.4 Å². The Morgan fingerprint density at radius 3 is 2.86 bits per heavy atom. The number of nitrogens with one attached hydrogen (secondary N) is 2. The van der Waals surface area contributed by atoms with Crippen LogP contribution in [0.4, 0.5) is 17.5 Å². The van der Waals surface area contributed by atoms with Gasteiger partial charge in [0.25, 0.3) is 0 Å². The Morgan fingerprint density at radius 2 is 2.11 bits per heavy atom. The van der Waals surface area contributed by atoms with Crippen molar-refractivity contribution in [3.8, 4) is 0 Å². The number of nitrogens with two attached hydrogens (primary N) is 1. The number of carbonyl (C=O) groups excluding carboxylic acids is 1. The van der Waals surface area contributed by atoms with E-state index in [0.29, 0.717) is 16.5 Å². The van der Waals surface area contributed by atoms with Crippen LogP contribution >= 0.6 is 11.6 Å². The lowest BCUT2D eigenvalue weighted by atomic mass is 9.88. The molecular formula is C17H18ClN7O3.